The molecule has 1 amide bonds. The van der Waals surface area contributed by atoms with E-state index >= 15 is 0 Å². The number of hydrogen-bond donors (Lipinski definition) is 2. The van der Waals surface area contributed by atoms with E-state index < -0.39 is 0 Å². The van der Waals surface area contributed by atoms with Gasteiger partial charge in [-0.05, 0) is 36.8 Å². The lowest BCUT2D eigenvalue weighted by molar-refractivity contribution is -0.122. The molecule has 118 valence electrons. The molecular weight excluding hydrogens is 278 g/mol. The summed E-state index contributed by atoms with van der Waals surface area (Å²) in [6, 6.07) is 10.5. The Bertz CT molecular complexity index is 539. The molecule has 0 bridgehead atoms. The van der Waals surface area contributed by atoms with Crippen molar-refractivity contribution in [3.8, 4) is 6.07 Å². The molecule has 0 heterocycles. The third kappa shape index (κ3) is 4.30. The van der Waals surface area contributed by atoms with E-state index in [0.29, 0.717) is 13.0 Å². The SMILES string of the molecule is N#CCNC(=O)CN(CCCO)C1CCCc2ccccc21. The van der Waals surface area contributed by atoms with Crippen LogP contribution in [0, 0.1) is 11.3 Å². The fourth-order valence-corrected chi connectivity index (χ4v) is 3.10. The molecule has 0 radical (unpaired) electrons. The molecule has 1 atom stereocenters. The average Bonchev–Trinajstić information content (AvgIpc) is 2.56. The zero-order chi connectivity index (χ0) is 15.8. The summed E-state index contributed by atoms with van der Waals surface area (Å²) in [5.74, 6) is -0.137. The summed E-state index contributed by atoms with van der Waals surface area (Å²) >= 11 is 0. The molecule has 1 aliphatic rings. The van der Waals surface area contributed by atoms with Gasteiger partial charge in [0.05, 0.1) is 12.6 Å². The lowest BCUT2D eigenvalue weighted by Crippen LogP contribution is -2.41. The summed E-state index contributed by atoms with van der Waals surface area (Å²) in [7, 11) is 0. The van der Waals surface area contributed by atoms with Gasteiger partial charge in [-0.1, -0.05) is 24.3 Å². The zero-order valence-corrected chi connectivity index (χ0v) is 12.8. The number of nitrogens with one attached hydrogen (secondary N) is 1. The van der Waals surface area contributed by atoms with Gasteiger partial charge in [0.15, 0.2) is 0 Å². The molecule has 1 aliphatic carbocycles. The highest BCUT2D eigenvalue weighted by Gasteiger charge is 2.26. The van der Waals surface area contributed by atoms with Crippen molar-refractivity contribution < 1.29 is 9.90 Å². The minimum absolute atomic E-state index is 0.0356. The molecule has 0 aromatic heterocycles. The molecule has 0 fully saturated rings. The highest BCUT2D eigenvalue weighted by Crippen LogP contribution is 2.34. The van der Waals surface area contributed by atoms with Crippen molar-refractivity contribution in [2.45, 2.75) is 31.7 Å². The summed E-state index contributed by atoms with van der Waals surface area (Å²) in [6.45, 7) is 1.09. The van der Waals surface area contributed by atoms with E-state index in [1.807, 2.05) is 12.1 Å². The fourth-order valence-electron chi connectivity index (χ4n) is 3.10. The van der Waals surface area contributed by atoms with E-state index in [1.54, 1.807) is 0 Å². The molecule has 5 nitrogen and oxygen atoms in total. The maximum absolute atomic E-state index is 12.0. The van der Waals surface area contributed by atoms with Gasteiger partial charge in [0.2, 0.25) is 5.91 Å². The van der Waals surface area contributed by atoms with Crippen LogP contribution < -0.4 is 5.32 Å². The van der Waals surface area contributed by atoms with Crippen LogP contribution in [-0.4, -0.2) is 42.2 Å². The second-order valence-electron chi connectivity index (χ2n) is 5.59. The van der Waals surface area contributed by atoms with Crippen molar-refractivity contribution in [3.05, 3.63) is 35.4 Å². The Morgan fingerprint density at radius 1 is 1.45 bits per heavy atom. The van der Waals surface area contributed by atoms with Crippen molar-refractivity contribution in [1.29, 1.82) is 5.26 Å². The molecule has 0 saturated heterocycles. The number of amides is 1. The van der Waals surface area contributed by atoms with E-state index in [-0.39, 0.29) is 31.6 Å². The molecule has 0 spiro atoms. The van der Waals surface area contributed by atoms with E-state index in [9.17, 15) is 4.79 Å². The topological polar surface area (TPSA) is 76.4 Å². The third-order valence-electron chi connectivity index (χ3n) is 4.09. The molecule has 2 N–H and O–H groups in total. The molecule has 1 unspecified atom stereocenters. The molecule has 2 rings (SSSR count). The number of aliphatic hydroxyl groups is 1. The predicted molar refractivity (Wildman–Crippen MR) is 84.0 cm³/mol. The Kier molecular flexibility index (Phi) is 6.38. The van der Waals surface area contributed by atoms with Gasteiger partial charge in [-0.15, -0.1) is 0 Å². The first-order valence-electron chi connectivity index (χ1n) is 7.82. The number of nitrogens with zero attached hydrogens (tertiary/aromatic N) is 2. The quantitative estimate of drug-likeness (QED) is 0.746. The molecule has 0 saturated carbocycles. The van der Waals surface area contributed by atoms with Crippen LogP contribution in [0.5, 0.6) is 0 Å². The standard InChI is InChI=1S/C17H23N3O2/c18-9-10-19-17(22)13-20(11-4-12-21)16-8-3-6-14-5-1-2-7-15(14)16/h1-2,5,7,16,21H,3-4,6,8,10-13H2,(H,19,22). The second kappa shape index (κ2) is 8.52. The van der Waals surface area contributed by atoms with E-state index in [2.05, 4.69) is 28.4 Å². The van der Waals surface area contributed by atoms with Crippen molar-refractivity contribution in [3.63, 3.8) is 0 Å². The minimum atomic E-state index is -0.137. The number of carbonyl (C=O) groups is 1. The van der Waals surface area contributed by atoms with Crippen LogP contribution in [0.3, 0.4) is 0 Å². The number of nitriles is 1. The van der Waals surface area contributed by atoms with Crippen LogP contribution in [0.25, 0.3) is 0 Å². The Balaban J connectivity index is 2.12. The van der Waals surface area contributed by atoms with Crippen LogP contribution >= 0.6 is 0 Å². The lowest BCUT2D eigenvalue weighted by atomic mass is 9.86. The monoisotopic (exact) mass is 301 g/mol. The normalized spacial score (nSPS) is 16.9. The largest absolute Gasteiger partial charge is 0.396 e. The smallest absolute Gasteiger partial charge is 0.235 e. The Labute approximate surface area is 131 Å². The van der Waals surface area contributed by atoms with Crippen LogP contribution in [0.1, 0.15) is 36.4 Å². The van der Waals surface area contributed by atoms with E-state index in [0.717, 1.165) is 19.3 Å². The molecule has 22 heavy (non-hydrogen) atoms. The predicted octanol–water partition coefficient (Wildman–Crippen LogP) is 1.39. The van der Waals surface area contributed by atoms with Crippen molar-refractivity contribution in [1.82, 2.24) is 10.2 Å². The summed E-state index contributed by atoms with van der Waals surface area (Å²) < 4.78 is 0. The molecule has 5 heteroatoms. The number of aliphatic hydroxyl groups excluding tert-OH is 1. The van der Waals surface area contributed by atoms with Crippen LogP contribution in [0.15, 0.2) is 24.3 Å². The minimum Gasteiger partial charge on any atom is -0.396 e. The van der Waals surface area contributed by atoms with Gasteiger partial charge in [-0.2, -0.15) is 5.26 Å². The van der Waals surface area contributed by atoms with Crippen LogP contribution in [-0.2, 0) is 11.2 Å². The van der Waals surface area contributed by atoms with Crippen molar-refractivity contribution >= 4 is 5.91 Å². The Morgan fingerprint density at radius 2 is 2.27 bits per heavy atom. The number of benzene rings is 1. The maximum Gasteiger partial charge on any atom is 0.235 e. The highest BCUT2D eigenvalue weighted by atomic mass is 16.3. The van der Waals surface area contributed by atoms with Crippen molar-refractivity contribution in [2.75, 3.05) is 26.2 Å². The van der Waals surface area contributed by atoms with E-state index in [4.69, 9.17) is 10.4 Å². The first-order chi connectivity index (χ1) is 10.8. The van der Waals surface area contributed by atoms with E-state index in [1.165, 1.54) is 11.1 Å². The Hall–Kier alpha value is -1.90. The first-order valence-corrected chi connectivity index (χ1v) is 7.82. The average molecular weight is 301 g/mol. The zero-order valence-electron chi connectivity index (χ0n) is 12.8. The van der Waals surface area contributed by atoms with Gasteiger partial charge in [0, 0.05) is 19.2 Å². The number of rotatable bonds is 7. The van der Waals surface area contributed by atoms with Gasteiger partial charge in [0.25, 0.3) is 0 Å². The highest BCUT2D eigenvalue weighted by molar-refractivity contribution is 5.78. The molecular formula is C17H23N3O2. The number of hydrogen-bond acceptors (Lipinski definition) is 4. The summed E-state index contributed by atoms with van der Waals surface area (Å²) in [5, 5.41) is 20.3. The van der Waals surface area contributed by atoms with Crippen LogP contribution in [0.2, 0.25) is 0 Å². The lowest BCUT2D eigenvalue weighted by Gasteiger charge is -2.35. The van der Waals surface area contributed by atoms with Gasteiger partial charge < -0.3 is 10.4 Å². The molecule has 1 aromatic rings. The number of fused-ring (bicyclic) bond motifs is 1. The Morgan fingerprint density at radius 3 is 3.05 bits per heavy atom. The number of aryl methyl sites for hydroxylation is 1. The third-order valence-corrected chi connectivity index (χ3v) is 4.09. The fraction of sp³-hybridized carbons (Fsp3) is 0.529. The van der Waals surface area contributed by atoms with Crippen molar-refractivity contribution in [2.24, 2.45) is 0 Å². The first kappa shape index (κ1) is 16.5. The van der Waals surface area contributed by atoms with Gasteiger partial charge in [0.1, 0.15) is 6.54 Å². The van der Waals surface area contributed by atoms with Gasteiger partial charge in [-0.3, -0.25) is 9.69 Å². The maximum atomic E-state index is 12.0. The van der Waals surface area contributed by atoms with Gasteiger partial charge >= 0.3 is 0 Å². The molecule has 1 aromatic carbocycles. The summed E-state index contributed by atoms with van der Waals surface area (Å²) in [4.78, 5) is 14.1. The second-order valence-corrected chi connectivity index (χ2v) is 5.59. The summed E-state index contributed by atoms with van der Waals surface area (Å²) in [6.07, 6.45) is 3.86. The summed E-state index contributed by atoms with van der Waals surface area (Å²) in [5.41, 5.74) is 2.64. The van der Waals surface area contributed by atoms with Gasteiger partial charge in [-0.25, -0.2) is 0 Å². The van der Waals surface area contributed by atoms with Crippen LogP contribution in [0.4, 0.5) is 0 Å². The molecule has 0 aliphatic heterocycles. The number of carbonyl (C=O) groups excluding carboxylic acids is 1.